The highest BCUT2D eigenvalue weighted by Crippen LogP contribution is 2.29. The summed E-state index contributed by atoms with van der Waals surface area (Å²) in [5, 5.41) is 0.207. The van der Waals surface area contributed by atoms with Crippen LogP contribution in [0.4, 0.5) is 0 Å². The number of hydrogen-bond donors (Lipinski definition) is 1. The summed E-state index contributed by atoms with van der Waals surface area (Å²) in [6, 6.07) is 6.88. The van der Waals surface area contributed by atoms with E-state index in [9.17, 15) is 8.42 Å². The van der Waals surface area contributed by atoms with Crippen molar-refractivity contribution in [2.75, 3.05) is 6.54 Å². The average Bonchev–Trinajstić information content (AvgIpc) is 2.73. The molecule has 0 bridgehead atoms. The largest absolute Gasteiger partial charge is 0.240 e. The van der Waals surface area contributed by atoms with Gasteiger partial charge in [-0.1, -0.05) is 17.7 Å². The lowest BCUT2D eigenvalue weighted by atomic mass is 10.1. The highest BCUT2D eigenvalue weighted by molar-refractivity contribution is 7.89. The molecule has 1 aromatic rings. The maximum atomic E-state index is 12.0. The van der Waals surface area contributed by atoms with Crippen molar-refractivity contribution in [3.05, 3.63) is 29.8 Å². The third kappa shape index (κ3) is 3.46. The lowest BCUT2D eigenvalue weighted by Gasteiger charge is -2.11. The fourth-order valence-corrected chi connectivity index (χ4v) is 3.72. The molecule has 1 aliphatic carbocycles. The Kier molecular flexibility index (Phi) is 4.30. The molecule has 0 spiro atoms. The first-order chi connectivity index (χ1) is 8.47. The quantitative estimate of drug-likeness (QED) is 0.866. The SMILES string of the molecule is Cc1ccc(S(=O)(=O)NCC2CCC(Cl)C2)cc1. The summed E-state index contributed by atoms with van der Waals surface area (Å²) in [5.41, 5.74) is 1.05. The first-order valence-corrected chi connectivity index (χ1v) is 8.10. The molecule has 2 atom stereocenters. The van der Waals surface area contributed by atoms with Crippen LogP contribution in [-0.2, 0) is 10.0 Å². The molecule has 0 aromatic heterocycles. The summed E-state index contributed by atoms with van der Waals surface area (Å²) in [6.45, 7) is 2.42. The van der Waals surface area contributed by atoms with Crippen molar-refractivity contribution in [1.29, 1.82) is 0 Å². The number of aryl methyl sites for hydroxylation is 1. The predicted octanol–water partition coefficient (Wildman–Crippen LogP) is 2.68. The van der Waals surface area contributed by atoms with Crippen molar-refractivity contribution < 1.29 is 8.42 Å². The zero-order chi connectivity index (χ0) is 13.2. The van der Waals surface area contributed by atoms with Crippen LogP contribution in [0.15, 0.2) is 29.2 Å². The van der Waals surface area contributed by atoms with E-state index in [1.54, 1.807) is 24.3 Å². The molecule has 5 heteroatoms. The molecule has 0 aliphatic heterocycles. The fraction of sp³-hybridized carbons (Fsp3) is 0.538. The molecular weight excluding hydrogens is 270 g/mol. The van der Waals surface area contributed by atoms with E-state index in [2.05, 4.69) is 4.72 Å². The number of nitrogens with one attached hydrogen (secondary N) is 1. The second-order valence-corrected chi connectivity index (χ2v) is 7.33. The molecule has 100 valence electrons. The van der Waals surface area contributed by atoms with Crippen molar-refractivity contribution >= 4 is 21.6 Å². The van der Waals surface area contributed by atoms with Gasteiger partial charge in [0, 0.05) is 11.9 Å². The first-order valence-electron chi connectivity index (χ1n) is 6.18. The topological polar surface area (TPSA) is 46.2 Å². The van der Waals surface area contributed by atoms with Crippen LogP contribution in [0.5, 0.6) is 0 Å². The average molecular weight is 288 g/mol. The van der Waals surface area contributed by atoms with Crippen molar-refractivity contribution in [3.63, 3.8) is 0 Å². The Morgan fingerprint density at radius 2 is 1.94 bits per heavy atom. The Labute approximate surface area is 114 Å². The third-order valence-corrected chi connectivity index (χ3v) is 5.21. The first kappa shape index (κ1) is 13.8. The summed E-state index contributed by atoms with van der Waals surface area (Å²) in [5.74, 6) is 0.368. The van der Waals surface area contributed by atoms with Crippen LogP contribution in [-0.4, -0.2) is 20.3 Å². The number of halogens is 1. The molecule has 0 radical (unpaired) electrons. The van der Waals surface area contributed by atoms with E-state index in [-0.39, 0.29) is 5.38 Å². The van der Waals surface area contributed by atoms with E-state index >= 15 is 0 Å². The van der Waals surface area contributed by atoms with Crippen LogP contribution in [0.1, 0.15) is 24.8 Å². The molecule has 1 fully saturated rings. The van der Waals surface area contributed by atoms with Crippen LogP contribution < -0.4 is 4.72 Å². The monoisotopic (exact) mass is 287 g/mol. The van der Waals surface area contributed by atoms with Gasteiger partial charge in [-0.05, 0) is 44.2 Å². The van der Waals surface area contributed by atoms with Gasteiger partial charge >= 0.3 is 0 Å². The van der Waals surface area contributed by atoms with Crippen LogP contribution in [0.25, 0.3) is 0 Å². The third-order valence-electron chi connectivity index (χ3n) is 3.37. The maximum absolute atomic E-state index is 12.0. The zero-order valence-electron chi connectivity index (χ0n) is 10.4. The van der Waals surface area contributed by atoms with Crippen LogP contribution in [0.2, 0.25) is 0 Å². The Morgan fingerprint density at radius 1 is 1.28 bits per heavy atom. The van der Waals surface area contributed by atoms with Crippen molar-refractivity contribution in [3.8, 4) is 0 Å². The minimum Gasteiger partial charge on any atom is -0.211 e. The predicted molar refractivity (Wildman–Crippen MR) is 73.3 cm³/mol. The second kappa shape index (κ2) is 5.59. The minimum atomic E-state index is -3.38. The van der Waals surface area contributed by atoms with Crippen LogP contribution in [0, 0.1) is 12.8 Å². The second-order valence-electron chi connectivity index (χ2n) is 4.94. The Balaban J connectivity index is 1.97. The van der Waals surface area contributed by atoms with E-state index < -0.39 is 10.0 Å². The van der Waals surface area contributed by atoms with Crippen LogP contribution in [0.3, 0.4) is 0 Å². The molecule has 0 heterocycles. The van der Waals surface area contributed by atoms with Gasteiger partial charge in [-0.15, -0.1) is 11.6 Å². The lowest BCUT2D eigenvalue weighted by molar-refractivity contribution is 0.520. The molecule has 2 unspecified atom stereocenters. The van der Waals surface area contributed by atoms with Gasteiger partial charge < -0.3 is 0 Å². The fourth-order valence-electron chi connectivity index (χ4n) is 2.23. The Hall–Kier alpha value is -0.580. The van der Waals surface area contributed by atoms with Gasteiger partial charge in [0.2, 0.25) is 10.0 Å². The number of alkyl halides is 1. The summed E-state index contributed by atoms with van der Waals surface area (Å²) in [7, 11) is -3.38. The summed E-state index contributed by atoms with van der Waals surface area (Å²) in [4.78, 5) is 0.327. The van der Waals surface area contributed by atoms with Crippen LogP contribution >= 0.6 is 11.6 Å². The summed E-state index contributed by atoms with van der Waals surface area (Å²) in [6.07, 6.45) is 2.89. The zero-order valence-corrected chi connectivity index (χ0v) is 12.0. The molecule has 1 aliphatic rings. The van der Waals surface area contributed by atoms with E-state index in [1.807, 2.05) is 6.92 Å². The normalized spacial score (nSPS) is 24.3. The molecule has 3 nitrogen and oxygen atoms in total. The van der Waals surface area contributed by atoms with E-state index in [0.29, 0.717) is 17.4 Å². The molecule has 0 amide bonds. The highest BCUT2D eigenvalue weighted by Gasteiger charge is 2.24. The van der Waals surface area contributed by atoms with Gasteiger partial charge in [-0.3, -0.25) is 0 Å². The molecular formula is C13H18ClNO2S. The van der Waals surface area contributed by atoms with Gasteiger partial charge in [0.05, 0.1) is 4.90 Å². The number of sulfonamides is 1. The maximum Gasteiger partial charge on any atom is 0.240 e. The standard InChI is InChI=1S/C13H18ClNO2S/c1-10-2-6-13(7-3-10)18(16,17)15-9-11-4-5-12(14)8-11/h2-3,6-7,11-12,15H,4-5,8-9H2,1H3. The van der Waals surface area contributed by atoms with Gasteiger partial charge in [0.25, 0.3) is 0 Å². The van der Waals surface area contributed by atoms with E-state index in [4.69, 9.17) is 11.6 Å². The van der Waals surface area contributed by atoms with Gasteiger partial charge in [-0.2, -0.15) is 0 Å². The summed E-state index contributed by atoms with van der Waals surface area (Å²) < 4.78 is 26.7. The Morgan fingerprint density at radius 3 is 2.50 bits per heavy atom. The number of benzene rings is 1. The molecule has 1 saturated carbocycles. The van der Waals surface area contributed by atoms with Gasteiger partial charge in [0.1, 0.15) is 0 Å². The molecule has 1 aromatic carbocycles. The smallest absolute Gasteiger partial charge is 0.211 e. The molecule has 18 heavy (non-hydrogen) atoms. The van der Waals surface area contributed by atoms with Gasteiger partial charge in [-0.25, -0.2) is 13.1 Å². The number of hydrogen-bond acceptors (Lipinski definition) is 2. The number of rotatable bonds is 4. The van der Waals surface area contributed by atoms with E-state index in [0.717, 1.165) is 24.8 Å². The molecule has 1 N–H and O–H groups in total. The van der Waals surface area contributed by atoms with E-state index in [1.165, 1.54) is 0 Å². The van der Waals surface area contributed by atoms with Crippen molar-refractivity contribution in [2.24, 2.45) is 5.92 Å². The highest BCUT2D eigenvalue weighted by atomic mass is 35.5. The molecule has 0 saturated heterocycles. The summed E-state index contributed by atoms with van der Waals surface area (Å²) >= 11 is 6.01. The molecule has 2 rings (SSSR count). The van der Waals surface area contributed by atoms with Gasteiger partial charge in [0.15, 0.2) is 0 Å². The van der Waals surface area contributed by atoms with Crippen molar-refractivity contribution in [1.82, 2.24) is 4.72 Å². The lowest BCUT2D eigenvalue weighted by Crippen LogP contribution is -2.28. The minimum absolute atomic E-state index is 0.207. The Bertz CT molecular complexity index is 498. The van der Waals surface area contributed by atoms with Crippen molar-refractivity contribution in [2.45, 2.75) is 36.5 Å².